The molecule has 2 saturated heterocycles. The van der Waals surface area contributed by atoms with Crippen LogP contribution in [-0.4, -0.2) is 36.0 Å². The zero-order valence-corrected chi connectivity index (χ0v) is 17.6. The zero-order chi connectivity index (χ0) is 20.2. The van der Waals surface area contributed by atoms with Crippen LogP contribution in [0.4, 0.5) is 0 Å². The van der Waals surface area contributed by atoms with Crippen molar-refractivity contribution in [1.82, 2.24) is 9.80 Å². The molecule has 2 heterocycles. The average Bonchev–Trinajstić information content (AvgIpc) is 2.81. The fourth-order valence-electron chi connectivity index (χ4n) is 5.24. The summed E-state index contributed by atoms with van der Waals surface area (Å²) >= 11 is 0. The normalized spacial score (nSPS) is 23.2. The summed E-state index contributed by atoms with van der Waals surface area (Å²) in [6, 6.07) is 21.2. The van der Waals surface area contributed by atoms with Crippen LogP contribution in [0.2, 0.25) is 0 Å². The van der Waals surface area contributed by atoms with Crippen molar-refractivity contribution in [2.24, 2.45) is 11.5 Å². The van der Waals surface area contributed by atoms with Crippen molar-refractivity contribution in [2.45, 2.75) is 56.3 Å². The maximum atomic E-state index is 7.34. The molecule has 0 aromatic heterocycles. The molecule has 4 N–H and O–H groups in total. The third-order valence-corrected chi connectivity index (χ3v) is 6.93. The summed E-state index contributed by atoms with van der Waals surface area (Å²) in [5, 5.41) is 0. The second kappa shape index (κ2) is 8.97. The first-order chi connectivity index (χ1) is 14.1. The molecule has 2 aromatic rings. The molecule has 0 amide bonds. The lowest BCUT2D eigenvalue weighted by Gasteiger charge is -2.52. The number of benzene rings is 2. The molecule has 2 aliphatic rings. The van der Waals surface area contributed by atoms with Gasteiger partial charge in [-0.1, -0.05) is 73.5 Å². The van der Waals surface area contributed by atoms with Gasteiger partial charge in [-0.25, -0.2) is 0 Å². The summed E-state index contributed by atoms with van der Waals surface area (Å²) in [5.74, 6) is 0. The standard InChI is InChI=1S/C25H36N4/c26-24(22-13-5-1-6-14-22,28-17-9-3-10-18-28)21-25(27,23-15-7-2-8-16-23)29-19-11-4-12-20-29/h1-2,5-8,13-16H,3-4,9-12,17-21,26-27H2/t24-,25+. The summed E-state index contributed by atoms with van der Waals surface area (Å²) in [7, 11) is 0. The first kappa shape index (κ1) is 20.5. The number of hydrogen-bond acceptors (Lipinski definition) is 4. The van der Waals surface area contributed by atoms with E-state index in [1.165, 1.54) is 49.7 Å². The van der Waals surface area contributed by atoms with Crippen LogP contribution in [0.3, 0.4) is 0 Å². The summed E-state index contributed by atoms with van der Waals surface area (Å²) < 4.78 is 0. The highest BCUT2D eigenvalue weighted by atomic mass is 15.3. The van der Waals surface area contributed by atoms with Crippen molar-refractivity contribution in [3.63, 3.8) is 0 Å². The van der Waals surface area contributed by atoms with Crippen LogP contribution < -0.4 is 11.5 Å². The monoisotopic (exact) mass is 392 g/mol. The van der Waals surface area contributed by atoms with Crippen molar-refractivity contribution in [3.8, 4) is 0 Å². The van der Waals surface area contributed by atoms with E-state index in [1.54, 1.807) is 0 Å². The van der Waals surface area contributed by atoms with Gasteiger partial charge in [-0.3, -0.25) is 9.80 Å². The molecular formula is C25H36N4. The number of likely N-dealkylation sites (tertiary alicyclic amines) is 2. The second-order valence-corrected chi connectivity index (χ2v) is 8.85. The van der Waals surface area contributed by atoms with Crippen LogP contribution in [0.15, 0.2) is 60.7 Å². The van der Waals surface area contributed by atoms with E-state index < -0.39 is 11.3 Å². The smallest absolute Gasteiger partial charge is 0.0984 e. The second-order valence-electron chi connectivity index (χ2n) is 8.85. The molecule has 29 heavy (non-hydrogen) atoms. The van der Waals surface area contributed by atoms with E-state index >= 15 is 0 Å². The Morgan fingerprint density at radius 1 is 0.552 bits per heavy atom. The summed E-state index contributed by atoms with van der Waals surface area (Å²) in [6.45, 7) is 4.15. The summed E-state index contributed by atoms with van der Waals surface area (Å²) in [5.41, 5.74) is 15.9. The fraction of sp³-hybridized carbons (Fsp3) is 0.520. The molecular weight excluding hydrogens is 356 g/mol. The van der Waals surface area contributed by atoms with Gasteiger partial charge in [-0.15, -0.1) is 0 Å². The first-order valence-electron chi connectivity index (χ1n) is 11.3. The van der Waals surface area contributed by atoms with Gasteiger partial charge in [0.05, 0.1) is 11.3 Å². The Bertz CT molecular complexity index is 687. The predicted octanol–water partition coefficient (Wildman–Crippen LogP) is 3.97. The molecule has 0 saturated carbocycles. The average molecular weight is 393 g/mol. The van der Waals surface area contributed by atoms with Gasteiger partial charge in [-0.2, -0.15) is 0 Å². The third-order valence-electron chi connectivity index (χ3n) is 6.93. The van der Waals surface area contributed by atoms with E-state index in [0.717, 1.165) is 26.2 Å². The number of piperidine rings is 2. The van der Waals surface area contributed by atoms with Crippen LogP contribution in [0.5, 0.6) is 0 Å². The van der Waals surface area contributed by atoms with Gasteiger partial charge < -0.3 is 11.5 Å². The van der Waals surface area contributed by atoms with E-state index in [1.807, 2.05) is 0 Å². The Labute approximate surface area is 175 Å². The maximum absolute atomic E-state index is 7.34. The van der Waals surface area contributed by atoms with E-state index in [0.29, 0.717) is 6.42 Å². The van der Waals surface area contributed by atoms with Crippen molar-refractivity contribution in [1.29, 1.82) is 0 Å². The van der Waals surface area contributed by atoms with Gasteiger partial charge in [0, 0.05) is 32.6 Å². The molecule has 156 valence electrons. The Hall–Kier alpha value is -1.72. The van der Waals surface area contributed by atoms with E-state index in [9.17, 15) is 0 Å². The molecule has 0 radical (unpaired) electrons. The van der Waals surface area contributed by atoms with E-state index in [-0.39, 0.29) is 0 Å². The molecule has 2 aliphatic heterocycles. The number of nitrogens with zero attached hydrogens (tertiary/aromatic N) is 2. The topological polar surface area (TPSA) is 58.5 Å². The molecule has 4 nitrogen and oxygen atoms in total. The Kier molecular flexibility index (Phi) is 6.35. The predicted molar refractivity (Wildman–Crippen MR) is 120 cm³/mol. The molecule has 2 atom stereocenters. The third kappa shape index (κ3) is 4.26. The molecule has 0 unspecified atom stereocenters. The van der Waals surface area contributed by atoms with Gasteiger partial charge >= 0.3 is 0 Å². The SMILES string of the molecule is N[C@](C[C@](N)(c1ccccc1)N1CCCCC1)(c1ccccc1)N1CCCCC1. The largest absolute Gasteiger partial charge is 0.309 e. The zero-order valence-electron chi connectivity index (χ0n) is 17.6. The highest BCUT2D eigenvalue weighted by molar-refractivity contribution is 5.29. The minimum Gasteiger partial charge on any atom is -0.309 e. The lowest BCUT2D eigenvalue weighted by atomic mass is 9.81. The molecule has 0 spiro atoms. The minimum absolute atomic E-state index is 0.580. The van der Waals surface area contributed by atoms with Gasteiger partial charge in [0.2, 0.25) is 0 Å². The summed E-state index contributed by atoms with van der Waals surface area (Å²) in [6.07, 6.45) is 8.10. The highest BCUT2D eigenvalue weighted by Gasteiger charge is 2.46. The Morgan fingerprint density at radius 3 is 1.24 bits per heavy atom. The molecule has 2 fully saturated rings. The Morgan fingerprint density at radius 2 is 0.897 bits per heavy atom. The van der Waals surface area contributed by atoms with Gasteiger partial charge in [0.1, 0.15) is 0 Å². The van der Waals surface area contributed by atoms with Crippen LogP contribution in [-0.2, 0) is 11.3 Å². The maximum Gasteiger partial charge on any atom is 0.0984 e. The molecule has 0 bridgehead atoms. The van der Waals surface area contributed by atoms with Crippen molar-refractivity contribution >= 4 is 0 Å². The highest BCUT2D eigenvalue weighted by Crippen LogP contribution is 2.40. The van der Waals surface area contributed by atoms with Crippen LogP contribution in [0, 0.1) is 0 Å². The molecule has 4 rings (SSSR count). The van der Waals surface area contributed by atoms with Crippen molar-refractivity contribution < 1.29 is 0 Å². The number of rotatable bonds is 6. The van der Waals surface area contributed by atoms with Gasteiger partial charge in [-0.05, 0) is 36.8 Å². The van der Waals surface area contributed by atoms with Crippen LogP contribution in [0.25, 0.3) is 0 Å². The molecule has 4 heteroatoms. The van der Waals surface area contributed by atoms with E-state index in [4.69, 9.17) is 11.5 Å². The van der Waals surface area contributed by atoms with Crippen LogP contribution >= 0.6 is 0 Å². The lowest BCUT2D eigenvalue weighted by Crippen LogP contribution is -2.64. The van der Waals surface area contributed by atoms with Gasteiger partial charge in [0.15, 0.2) is 0 Å². The van der Waals surface area contributed by atoms with Crippen molar-refractivity contribution in [3.05, 3.63) is 71.8 Å². The first-order valence-corrected chi connectivity index (χ1v) is 11.3. The molecule has 2 aromatic carbocycles. The fourth-order valence-corrected chi connectivity index (χ4v) is 5.24. The lowest BCUT2D eigenvalue weighted by molar-refractivity contribution is -0.0220. The summed E-state index contributed by atoms with van der Waals surface area (Å²) in [4.78, 5) is 4.97. The van der Waals surface area contributed by atoms with Crippen molar-refractivity contribution in [2.75, 3.05) is 26.2 Å². The quantitative estimate of drug-likeness (QED) is 0.781. The molecule has 0 aliphatic carbocycles. The number of nitrogens with two attached hydrogens (primary N) is 2. The van der Waals surface area contributed by atoms with E-state index in [2.05, 4.69) is 70.5 Å². The number of hydrogen-bond donors (Lipinski definition) is 2. The van der Waals surface area contributed by atoms with Crippen LogP contribution in [0.1, 0.15) is 56.1 Å². The minimum atomic E-state index is -0.580. The Balaban J connectivity index is 1.76. The van der Waals surface area contributed by atoms with Gasteiger partial charge in [0.25, 0.3) is 0 Å².